The summed E-state index contributed by atoms with van der Waals surface area (Å²) in [5, 5.41) is 7.53. The van der Waals surface area contributed by atoms with Gasteiger partial charge in [0.15, 0.2) is 11.6 Å². The van der Waals surface area contributed by atoms with E-state index in [9.17, 15) is 0 Å². The Kier molecular flexibility index (Phi) is 5.25. The van der Waals surface area contributed by atoms with Gasteiger partial charge in [-0.15, -0.1) is 11.3 Å². The number of hydrogen-bond acceptors (Lipinski definition) is 8. The van der Waals surface area contributed by atoms with Crippen LogP contribution in [0.2, 0.25) is 0 Å². The Bertz CT molecular complexity index is 1170. The molecule has 0 aliphatic carbocycles. The number of benzene rings is 1. The zero-order valence-corrected chi connectivity index (χ0v) is 18.0. The highest BCUT2D eigenvalue weighted by atomic mass is 32.1. The van der Waals surface area contributed by atoms with Crippen LogP contribution in [0.4, 0.5) is 11.5 Å². The van der Waals surface area contributed by atoms with E-state index in [1.165, 1.54) is 5.01 Å². The molecule has 2 N–H and O–H groups in total. The maximum Gasteiger partial charge on any atom is 0.181 e. The quantitative estimate of drug-likeness (QED) is 0.512. The molecule has 1 aromatic carbocycles. The van der Waals surface area contributed by atoms with Crippen molar-refractivity contribution in [3.05, 3.63) is 59.4 Å². The lowest BCUT2D eigenvalue weighted by atomic mass is 9.97. The van der Waals surface area contributed by atoms with Gasteiger partial charge in [-0.2, -0.15) is 5.10 Å². The van der Waals surface area contributed by atoms with Gasteiger partial charge in [0.05, 0.1) is 17.8 Å². The summed E-state index contributed by atoms with van der Waals surface area (Å²) < 4.78 is 7.16. The fourth-order valence-electron chi connectivity index (χ4n) is 4.00. The molecule has 8 nitrogen and oxygen atoms in total. The second-order valence-electron chi connectivity index (χ2n) is 7.42. The molecule has 0 radical (unpaired) electrons. The van der Waals surface area contributed by atoms with E-state index in [2.05, 4.69) is 31.4 Å². The third-order valence-electron chi connectivity index (χ3n) is 5.61. The molecule has 0 spiro atoms. The lowest BCUT2D eigenvalue weighted by Crippen LogP contribution is -2.34. The van der Waals surface area contributed by atoms with E-state index in [-0.39, 0.29) is 0 Å². The number of nitrogens with two attached hydrogens (primary N) is 1. The molecule has 9 heteroatoms. The Balaban J connectivity index is 1.31. The highest BCUT2D eigenvalue weighted by Crippen LogP contribution is 2.37. The number of methoxy groups -OCH3 is 1. The van der Waals surface area contributed by atoms with Crippen LogP contribution in [0.15, 0.2) is 54.4 Å². The first kappa shape index (κ1) is 19.5. The van der Waals surface area contributed by atoms with E-state index in [0.717, 1.165) is 48.8 Å². The zero-order valence-electron chi connectivity index (χ0n) is 17.2. The summed E-state index contributed by atoms with van der Waals surface area (Å²) in [5.41, 5.74) is 8.96. The van der Waals surface area contributed by atoms with Crippen LogP contribution in [0.1, 0.15) is 23.8 Å². The third-order valence-corrected chi connectivity index (χ3v) is 6.62. The van der Waals surface area contributed by atoms with Crippen molar-refractivity contribution in [3.63, 3.8) is 0 Å². The fraction of sp³-hybridized carbons (Fsp3) is 0.273. The van der Waals surface area contributed by atoms with Crippen molar-refractivity contribution in [2.24, 2.45) is 0 Å². The van der Waals surface area contributed by atoms with Gasteiger partial charge in [0, 0.05) is 42.3 Å². The average Bonchev–Trinajstić information content (AvgIpc) is 3.52. The van der Waals surface area contributed by atoms with E-state index in [1.807, 2.05) is 30.5 Å². The Hall–Kier alpha value is -3.46. The lowest BCUT2D eigenvalue weighted by Gasteiger charge is -2.32. The number of ether oxygens (including phenoxy) is 1. The number of para-hydroxylation sites is 1. The number of rotatable bonds is 5. The van der Waals surface area contributed by atoms with Gasteiger partial charge < -0.3 is 15.4 Å². The summed E-state index contributed by atoms with van der Waals surface area (Å²) in [6, 6.07) is 9.85. The molecule has 0 saturated carbocycles. The maximum atomic E-state index is 6.40. The van der Waals surface area contributed by atoms with Crippen LogP contribution in [-0.4, -0.2) is 44.9 Å². The van der Waals surface area contributed by atoms with Gasteiger partial charge in [-0.3, -0.25) is 0 Å². The van der Waals surface area contributed by atoms with Crippen LogP contribution < -0.4 is 15.4 Å². The third kappa shape index (κ3) is 3.72. The Morgan fingerprint density at radius 2 is 1.90 bits per heavy atom. The molecule has 158 valence electrons. The Morgan fingerprint density at radius 1 is 1.10 bits per heavy atom. The molecular formula is C22H23N7OS. The van der Waals surface area contributed by atoms with Crippen molar-refractivity contribution in [2.45, 2.75) is 18.8 Å². The summed E-state index contributed by atoms with van der Waals surface area (Å²) in [6.45, 7) is 1.74. The van der Waals surface area contributed by atoms with Crippen molar-refractivity contribution in [1.82, 2.24) is 24.7 Å². The van der Waals surface area contributed by atoms with Crippen molar-refractivity contribution in [1.29, 1.82) is 0 Å². The van der Waals surface area contributed by atoms with Crippen molar-refractivity contribution in [3.8, 4) is 22.8 Å². The number of nitrogens with zero attached hydrogens (tertiary/aromatic N) is 6. The molecule has 0 bridgehead atoms. The molecule has 1 fully saturated rings. The SMILES string of the molecule is COc1ccccc1-c1csc(C2CCN(c3ncnc(-n4cccn4)c3N)CC2)n1. The van der Waals surface area contributed by atoms with Crippen LogP contribution in [-0.2, 0) is 0 Å². The van der Waals surface area contributed by atoms with E-state index >= 15 is 0 Å². The minimum Gasteiger partial charge on any atom is -0.496 e. The predicted octanol–water partition coefficient (Wildman–Crippen LogP) is 3.76. The van der Waals surface area contributed by atoms with Gasteiger partial charge in [0.2, 0.25) is 0 Å². The molecule has 5 rings (SSSR count). The Morgan fingerprint density at radius 3 is 2.68 bits per heavy atom. The first-order chi connectivity index (χ1) is 15.2. The molecule has 1 saturated heterocycles. The standard InChI is InChI=1S/C22H23N7OS/c1-30-18-6-3-2-5-16(18)17-13-31-22(27-17)15-7-11-28(12-8-15)20-19(23)21(25-14-24-20)29-10-4-9-26-29/h2-6,9-10,13-15H,7-8,11-12,23H2,1H3. The van der Waals surface area contributed by atoms with Gasteiger partial charge >= 0.3 is 0 Å². The van der Waals surface area contributed by atoms with Crippen LogP contribution in [0, 0.1) is 0 Å². The molecule has 4 heterocycles. The normalized spacial score (nSPS) is 14.7. The maximum absolute atomic E-state index is 6.40. The van der Waals surface area contributed by atoms with Crippen LogP contribution in [0.3, 0.4) is 0 Å². The molecule has 1 aliphatic rings. The van der Waals surface area contributed by atoms with E-state index in [1.54, 1.807) is 35.7 Å². The lowest BCUT2D eigenvalue weighted by molar-refractivity contribution is 0.416. The van der Waals surface area contributed by atoms with Crippen LogP contribution >= 0.6 is 11.3 Å². The molecule has 3 aromatic heterocycles. The van der Waals surface area contributed by atoms with Crippen molar-refractivity contribution < 1.29 is 4.74 Å². The minimum absolute atomic E-state index is 0.429. The summed E-state index contributed by atoms with van der Waals surface area (Å²) in [6.07, 6.45) is 7.09. The van der Waals surface area contributed by atoms with E-state index in [0.29, 0.717) is 17.4 Å². The van der Waals surface area contributed by atoms with Crippen molar-refractivity contribution >= 4 is 22.8 Å². The topological polar surface area (TPSA) is 95.0 Å². The molecule has 0 amide bonds. The summed E-state index contributed by atoms with van der Waals surface area (Å²) in [7, 11) is 1.69. The first-order valence-corrected chi connectivity index (χ1v) is 11.1. The molecule has 1 aliphatic heterocycles. The first-order valence-electron chi connectivity index (χ1n) is 10.2. The summed E-state index contributed by atoms with van der Waals surface area (Å²) >= 11 is 1.72. The van der Waals surface area contributed by atoms with E-state index in [4.69, 9.17) is 15.5 Å². The average molecular weight is 434 g/mol. The summed E-state index contributed by atoms with van der Waals surface area (Å²) in [4.78, 5) is 15.9. The van der Waals surface area contributed by atoms with Gasteiger partial charge in [-0.1, -0.05) is 12.1 Å². The largest absolute Gasteiger partial charge is 0.496 e. The highest BCUT2D eigenvalue weighted by Gasteiger charge is 2.26. The number of thiazole rings is 1. The molecule has 0 atom stereocenters. The second kappa shape index (κ2) is 8.35. The van der Waals surface area contributed by atoms with Gasteiger partial charge in [0.1, 0.15) is 17.8 Å². The molecular weight excluding hydrogens is 410 g/mol. The predicted molar refractivity (Wildman–Crippen MR) is 122 cm³/mol. The molecule has 0 unspecified atom stereocenters. The van der Waals surface area contributed by atoms with Gasteiger partial charge in [0.25, 0.3) is 0 Å². The number of hydrogen-bond donors (Lipinski definition) is 1. The number of piperidine rings is 1. The second-order valence-corrected chi connectivity index (χ2v) is 8.31. The number of aromatic nitrogens is 5. The fourth-order valence-corrected chi connectivity index (χ4v) is 4.99. The van der Waals surface area contributed by atoms with Gasteiger partial charge in [-0.25, -0.2) is 19.6 Å². The minimum atomic E-state index is 0.429. The van der Waals surface area contributed by atoms with Crippen LogP contribution in [0.25, 0.3) is 17.1 Å². The van der Waals surface area contributed by atoms with E-state index < -0.39 is 0 Å². The number of anilines is 2. The smallest absolute Gasteiger partial charge is 0.181 e. The number of nitrogen functional groups attached to an aromatic ring is 1. The summed E-state index contributed by atoms with van der Waals surface area (Å²) in [5.74, 6) is 2.66. The monoisotopic (exact) mass is 433 g/mol. The molecule has 4 aromatic rings. The van der Waals surface area contributed by atoms with Crippen LogP contribution in [0.5, 0.6) is 5.75 Å². The van der Waals surface area contributed by atoms with Gasteiger partial charge in [-0.05, 0) is 31.0 Å². The highest BCUT2D eigenvalue weighted by molar-refractivity contribution is 7.10. The Labute approximate surface area is 184 Å². The zero-order chi connectivity index (χ0) is 21.2. The van der Waals surface area contributed by atoms with Crippen molar-refractivity contribution in [2.75, 3.05) is 30.8 Å². The molecule has 31 heavy (non-hydrogen) atoms.